The summed E-state index contributed by atoms with van der Waals surface area (Å²) in [5, 5.41) is 9.55. The predicted molar refractivity (Wildman–Crippen MR) is 72.1 cm³/mol. The summed E-state index contributed by atoms with van der Waals surface area (Å²) in [5.74, 6) is -4.65. The van der Waals surface area contributed by atoms with Gasteiger partial charge in [-0.1, -0.05) is 23.7 Å². The molecule has 116 valence electrons. The normalized spacial score (nSPS) is 25.0. The zero-order valence-corrected chi connectivity index (χ0v) is 12.0. The van der Waals surface area contributed by atoms with Gasteiger partial charge in [-0.3, -0.25) is 9.69 Å². The number of halogens is 4. The highest BCUT2D eigenvalue weighted by atomic mass is 35.5. The minimum atomic E-state index is -4.50. The number of carbonyl (C=O) groups is 1. The van der Waals surface area contributed by atoms with E-state index in [0.29, 0.717) is 5.02 Å². The van der Waals surface area contributed by atoms with Gasteiger partial charge in [0.05, 0.1) is 11.8 Å². The molecule has 7 heteroatoms. The molecule has 1 aromatic rings. The average Bonchev–Trinajstić information content (AvgIpc) is 2.84. The lowest BCUT2D eigenvalue weighted by Gasteiger charge is -2.25. The molecule has 1 N–H and O–H groups in total. The topological polar surface area (TPSA) is 40.5 Å². The van der Waals surface area contributed by atoms with E-state index in [1.54, 1.807) is 36.1 Å². The van der Waals surface area contributed by atoms with Crippen LogP contribution in [0.1, 0.15) is 18.5 Å². The molecule has 0 radical (unpaired) electrons. The van der Waals surface area contributed by atoms with Gasteiger partial charge in [0, 0.05) is 24.2 Å². The summed E-state index contributed by atoms with van der Waals surface area (Å²) >= 11 is 5.78. The van der Waals surface area contributed by atoms with E-state index >= 15 is 0 Å². The largest absolute Gasteiger partial charge is 0.481 e. The molecule has 21 heavy (non-hydrogen) atoms. The Morgan fingerprint density at radius 2 is 1.90 bits per heavy atom. The number of likely N-dealkylation sites (tertiary alicyclic amines) is 1. The summed E-state index contributed by atoms with van der Waals surface area (Å²) in [4.78, 5) is 12.6. The second kappa shape index (κ2) is 5.85. The zero-order valence-electron chi connectivity index (χ0n) is 11.3. The summed E-state index contributed by atoms with van der Waals surface area (Å²) in [6, 6.07) is 6.52. The number of nitrogens with zero attached hydrogens (tertiary/aromatic N) is 1. The Kier molecular flexibility index (Phi) is 4.49. The zero-order chi connectivity index (χ0) is 15.8. The van der Waals surface area contributed by atoms with Crippen LogP contribution >= 0.6 is 11.6 Å². The van der Waals surface area contributed by atoms with Crippen molar-refractivity contribution in [1.29, 1.82) is 0 Å². The first-order valence-corrected chi connectivity index (χ1v) is 6.87. The first kappa shape index (κ1) is 16.1. The Hall–Kier alpha value is -1.27. The molecule has 1 aliphatic rings. The molecular weight excluding hydrogens is 307 g/mol. The van der Waals surface area contributed by atoms with Gasteiger partial charge in [-0.15, -0.1) is 0 Å². The number of benzene rings is 1. The van der Waals surface area contributed by atoms with Crippen LogP contribution in [0.25, 0.3) is 0 Å². The van der Waals surface area contributed by atoms with E-state index in [2.05, 4.69) is 0 Å². The van der Waals surface area contributed by atoms with Crippen LogP contribution in [0.4, 0.5) is 13.2 Å². The third kappa shape index (κ3) is 3.49. The number of carboxylic acid groups (broad SMARTS) is 1. The SMILES string of the molecule is CC(c1ccc(Cl)cc1)N1C[C@@H](C(F)(F)F)[C@H](C(=O)O)C1. The fourth-order valence-corrected chi connectivity index (χ4v) is 2.81. The molecule has 3 nitrogen and oxygen atoms in total. The van der Waals surface area contributed by atoms with Crippen molar-refractivity contribution in [1.82, 2.24) is 4.90 Å². The van der Waals surface area contributed by atoms with E-state index in [4.69, 9.17) is 16.7 Å². The van der Waals surface area contributed by atoms with Crippen LogP contribution in [0.2, 0.25) is 5.02 Å². The molecule has 1 unspecified atom stereocenters. The molecule has 0 spiro atoms. The minimum Gasteiger partial charge on any atom is -0.481 e. The lowest BCUT2D eigenvalue weighted by atomic mass is 9.96. The van der Waals surface area contributed by atoms with Crippen LogP contribution in [-0.2, 0) is 4.79 Å². The Bertz CT molecular complexity index is 518. The van der Waals surface area contributed by atoms with Gasteiger partial charge in [0.2, 0.25) is 0 Å². The number of aliphatic carboxylic acids is 1. The van der Waals surface area contributed by atoms with Crippen molar-refractivity contribution >= 4 is 17.6 Å². The van der Waals surface area contributed by atoms with E-state index in [-0.39, 0.29) is 19.1 Å². The number of hydrogen-bond donors (Lipinski definition) is 1. The highest BCUT2D eigenvalue weighted by Gasteiger charge is 2.53. The summed E-state index contributed by atoms with van der Waals surface area (Å²) in [6.45, 7) is 1.36. The van der Waals surface area contributed by atoms with Gasteiger partial charge in [-0.25, -0.2) is 0 Å². The number of hydrogen-bond acceptors (Lipinski definition) is 2. The van der Waals surface area contributed by atoms with Crippen LogP contribution in [0, 0.1) is 11.8 Å². The molecule has 0 bridgehead atoms. The van der Waals surface area contributed by atoms with E-state index in [1.165, 1.54) is 0 Å². The standard InChI is InChI=1S/C14H15ClF3NO2/c1-8(9-2-4-10(15)5-3-9)19-6-11(13(20)21)12(7-19)14(16,17)18/h2-5,8,11-12H,6-7H2,1H3,(H,20,21)/t8?,11-,12-/m1/s1. The van der Waals surface area contributed by atoms with Crippen molar-refractivity contribution in [3.63, 3.8) is 0 Å². The molecule has 0 saturated carbocycles. The smallest absolute Gasteiger partial charge is 0.393 e. The lowest BCUT2D eigenvalue weighted by Crippen LogP contribution is -2.33. The summed E-state index contributed by atoms with van der Waals surface area (Å²) in [5.41, 5.74) is 0.811. The average molecular weight is 322 g/mol. The maximum atomic E-state index is 13.0. The van der Waals surface area contributed by atoms with Crippen LogP contribution in [0.15, 0.2) is 24.3 Å². The maximum absolute atomic E-state index is 13.0. The first-order chi connectivity index (χ1) is 9.70. The number of carboxylic acids is 1. The van der Waals surface area contributed by atoms with Crippen molar-refractivity contribution in [3.8, 4) is 0 Å². The quantitative estimate of drug-likeness (QED) is 0.925. The Balaban J connectivity index is 2.18. The molecule has 3 atom stereocenters. The summed E-state index contributed by atoms with van der Waals surface area (Å²) in [7, 11) is 0. The van der Waals surface area contributed by atoms with Crippen LogP contribution < -0.4 is 0 Å². The fraction of sp³-hybridized carbons (Fsp3) is 0.500. The summed E-state index contributed by atoms with van der Waals surface area (Å²) in [6.07, 6.45) is -4.50. The lowest BCUT2D eigenvalue weighted by molar-refractivity contribution is -0.188. The van der Waals surface area contributed by atoms with Crippen LogP contribution in [0.3, 0.4) is 0 Å². The molecule has 1 aliphatic heterocycles. The van der Waals surface area contributed by atoms with Crippen molar-refractivity contribution in [3.05, 3.63) is 34.9 Å². The molecule has 0 amide bonds. The second-order valence-corrected chi connectivity index (χ2v) is 5.71. The second-order valence-electron chi connectivity index (χ2n) is 5.27. The molecular formula is C14H15ClF3NO2. The van der Waals surface area contributed by atoms with Crippen molar-refractivity contribution in [2.75, 3.05) is 13.1 Å². The van der Waals surface area contributed by atoms with Crippen LogP contribution in [-0.4, -0.2) is 35.2 Å². The van der Waals surface area contributed by atoms with Gasteiger partial charge < -0.3 is 5.11 Å². The number of alkyl halides is 3. The van der Waals surface area contributed by atoms with E-state index in [1.807, 2.05) is 0 Å². The molecule has 1 heterocycles. The highest BCUT2D eigenvalue weighted by Crippen LogP contribution is 2.40. The number of rotatable bonds is 3. The van der Waals surface area contributed by atoms with Gasteiger partial charge in [0.1, 0.15) is 0 Å². The maximum Gasteiger partial charge on any atom is 0.393 e. The van der Waals surface area contributed by atoms with E-state index < -0.39 is 24.0 Å². The minimum absolute atomic E-state index is 0.108. The third-order valence-electron chi connectivity index (χ3n) is 3.99. The van der Waals surface area contributed by atoms with Gasteiger partial charge >= 0.3 is 12.1 Å². The van der Waals surface area contributed by atoms with E-state index in [0.717, 1.165) is 5.56 Å². The van der Waals surface area contributed by atoms with Crippen LogP contribution in [0.5, 0.6) is 0 Å². The molecule has 0 aliphatic carbocycles. The summed E-state index contributed by atoms with van der Waals surface area (Å²) < 4.78 is 38.9. The highest BCUT2D eigenvalue weighted by molar-refractivity contribution is 6.30. The molecule has 2 rings (SSSR count). The molecule has 1 aromatic carbocycles. The first-order valence-electron chi connectivity index (χ1n) is 6.49. The van der Waals surface area contributed by atoms with Gasteiger partial charge in [-0.2, -0.15) is 13.2 Å². The van der Waals surface area contributed by atoms with Gasteiger partial charge in [-0.05, 0) is 24.6 Å². The van der Waals surface area contributed by atoms with Gasteiger partial charge in [0.25, 0.3) is 0 Å². The monoisotopic (exact) mass is 321 g/mol. The third-order valence-corrected chi connectivity index (χ3v) is 4.24. The predicted octanol–water partition coefficient (Wildman–Crippen LogP) is 3.60. The Morgan fingerprint density at radius 1 is 1.33 bits per heavy atom. The molecule has 0 aromatic heterocycles. The van der Waals surface area contributed by atoms with E-state index in [9.17, 15) is 18.0 Å². The Morgan fingerprint density at radius 3 is 2.33 bits per heavy atom. The Labute approximate surface area is 125 Å². The molecule has 1 saturated heterocycles. The van der Waals surface area contributed by atoms with Crippen molar-refractivity contribution in [2.45, 2.75) is 19.1 Å². The van der Waals surface area contributed by atoms with Crippen molar-refractivity contribution in [2.24, 2.45) is 11.8 Å². The fourth-order valence-electron chi connectivity index (χ4n) is 2.68. The molecule has 1 fully saturated rings. The van der Waals surface area contributed by atoms with Crippen molar-refractivity contribution < 1.29 is 23.1 Å². The van der Waals surface area contributed by atoms with Gasteiger partial charge in [0.15, 0.2) is 0 Å².